The van der Waals surface area contributed by atoms with E-state index in [1.165, 1.54) is 0 Å². The van der Waals surface area contributed by atoms with Gasteiger partial charge in [-0.3, -0.25) is 4.98 Å². The summed E-state index contributed by atoms with van der Waals surface area (Å²) < 4.78 is 0. The molecule has 1 saturated carbocycles. The summed E-state index contributed by atoms with van der Waals surface area (Å²) in [4.78, 5) is 30.6. The summed E-state index contributed by atoms with van der Waals surface area (Å²) in [5, 5.41) is 15.2. The quantitative estimate of drug-likeness (QED) is 0.860. The summed E-state index contributed by atoms with van der Waals surface area (Å²) in [5.74, 6) is 0. The fourth-order valence-corrected chi connectivity index (χ4v) is 3.31. The molecule has 1 fully saturated rings. The smallest absolute Gasteiger partial charge is 0.330 e. The molecule has 28 heavy (non-hydrogen) atoms. The topological polar surface area (TPSA) is 98.1 Å². The molecule has 1 aromatic heterocycles. The Morgan fingerprint density at radius 2 is 2.00 bits per heavy atom. The van der Waals surface area contributed by atoms with Crippen molar-refractivity contribution in [3.63, 3.8) is 0 Å². The molecule has 0 saturated heterocycles. The maximum absolute atomic E-state index is 12.8. The van der Waals surface area contributed by atoms with E-state index in [0.29, 0.717) is 16.8 Å². The monoisotopic (exact) mass is 373 g/mol. The zero-order valence-corrected chi connectivity index (χ0v) is 15.3. The number of aromatic nitrogens is 1. The van der Waals surface area contributed by atoms with Crippen molar-refractivity contribution in [2.45, 2.75) is 31.8 Å². The maximum atomic E-state index is 12.8. The molecule has 0 bridgehead atoms. The van der Waals surface area contributed by atoms with Gasteiger partial charge in [-0.25, -0.2) is 14.5 Å². The number of urea groups is 2. The maximum Gasteiger partial charge on any atom is 0.330 e. The second-order valence-corrected chi connectivity index (χ2v) is 6.94. The van der Waals surface area contributed by atoms with Crippen molar-refractivity contribution in [2.75, 3.05) is 0 Å². The molecule has 1 aromatic carbocycles. The van der Waals surface area contributed by atoms with Crippen molar-refractivity contribution >= 4 is 12.1 Å². The van der Waals surface area contributed by atoms with Crippen LogP contribution < -0.4 is 10.6 Å². The molecule has 7 nitrogen and oxygen atoms in total. The van der Waals surface area contributed by atoms with Crippen LogP contribution >= 0.6 is 0 Å². The Labute approximate surface area is 162 Å². The lowest BCUT2D eigenvalue weighted by Gasteiger charge is -2.35. The van der Waals surface area contributed by atoms with E-state index in [1.54, 1.807) is 19.3 Å². The fourth-order valence-electron chi connectivity index (χ4n) is 3.31. The first kappa shape index (κ1) is 17.7. The Balaban J connectivity index is 1.78. The highest BCUT2D eigenvalue weighted by Crippen LogP contribution is 2.35. The number of carbonyl (C=O) groups excluding carboxylic acids is 2. The highest BCUT2D eigenvalue weighted by molar-refractivity contribution is 5.97. The number of rotatable bonds is 3. The van der Waals surface area contributed by atoms with Crippen LogP contribution in [-0.2, 0) is 0 Å². The Morgan fingerprint density at radius 3 is 2.68 bits per heavy atom. The molecule has 4 rings (SSSR count). The van der Waals surface area contributed by atoms with Crippen LogP contribution in [-0.4, -0.2) is 28.0 Å². The molecule has 7 heteroatoms. The van der Waals surface area contributed by atoms with E-state index in [4.69, 9.17) is 0 Å². The Kier molecular flexibility index (Phi) is 4.53. The van der Waals surface area contributed by atoms with Gasteiger partial charge in [-0.15, -0.1) is 0 Å². The van der Waals surface area contributed by atoms with Gasteiger partial charge in [0.2, 0.25) is 0 Å². The van der Waals surface area contributed by atoms with Gasteiger partial charge in [-0.05, 0) is 54.7 Å². The minimum Gasteiger partial charge on any atom is -0.335 e. The highest BCUT2D eigenvalue weighted by Gasteiger charge is 2.40. The number of nitriles is 1. The predicted molar refractivity (Wildman–Crippen MR) is 103 cm³/mol. The second kappa shape index (κ2) is 7.16. The molecule has 2 N–H and O–H groups in total. The summed E-state index contributed by atoms with van der Waals surface area (Å²) in [7, 11) is 0. The number of carbonyl (C=O) groups is 2. The molecule has 0 spiro atoms. The molecule has 1 atom stereocenters. The van der Waals surface area contributed by atoms with Gasteiger partial charge in [0, 0.05) is 24.1 Å². The first-order valence-electron chi connectivity index (χ1n) is 9.10. The van der Waals surface area contributed by atoms with Crippen LogP contribution in [0.4, 0.5) is 9.59 Å². The van der Waals surface area contributed by atoms with Crippen molar-refractivity contribution in [1.29, 1.82) is 5.26 Å². The van der Waals surface area contributed by atoms with Crippen LogP contribution in [0.3, 0.4) is 0 Å². The van der Waals surface area contributed by atoms with Crippen molar-refractivity contribution in [2.24, 2.45) is 0 Å². The number of allylic oxidation sites excluding steroid dienone is 1. The van der Waals surface area contributed by atoms with Crippen molar-refractivity contribution in [3.05, 3.63) is 65.6 Å². The molecule has 2 aliphatic rings. The predicted octanol–water partition coefficient (Wildman–Crippen LogP) is 3.48. The van der Waals surface area contributed by atoms with E-state index < -0.39 is 18.1 Å². The Bertz CT molecular complexity index is 1000. The molecule has 0 radical (unpaired) electrons. The number of benzene rings is 1. The highest BCUT2D eigenvalue weighted by atomic mass is 16.2. The van der Waals surface area contributed by atoms with E-state index >= 15 is 0 Å². The van der Waals surface area contributed by atoms with Crippen LogP contribution in [0.15, 0.2) is 60.1 Å². The average Bonchev–Trinajstić information content (AvgIpc) is 3.52. The summed E-state index contributed by atoms with van der Waals surface area (Å²) in [6, 6.07) is 11.8. The van der Waals surface area contributed by atoms with Crippen molar-refractivity contribution in [3.8, 4) is 17.2 Å². The van der Waals surface area contributed by atoms with Crippen LogP contribution in [0.25, 0.3) is 11.1 Å². The molecule has 4 amide bonds. The summed E-state index contributed by atoms with van der Waals surface area (Å²) in [5.41, 5.74) is 3.39. The minimum absolute atomic E-state index is 0.0987. The van der Waals surface area contributed by atoms with Gasteiger partial charge in [-0.1, -0.05) is 18.2 Å². The number of nitrogens with one attached hydrogen (secondary N) is 2. The molecular weight excluding hydrogens is 354 g/mol. The average molecular weight is 373 g/mol. The van der Waals surface area contributed by atoms with E-state index in [-0.39, 0.29) is 6.04 Å². The molecule has 140 valence electrons. The van der Waals surface area contributed by atoms with E-state index in [2.05, 4.69) is 21.7 Å². The molecule has 1 aliphatic carbocycles. The summed E-state index contributed by atoms with van der Waals surface area (Å²) in [6.45, 7) is 1.67. The Hall–Kier alpha value is -3.66. The Morgan fingerprint density at radius 1 is 1.25 bits per heavy atom. The van der Waals surface area contributed by atoms with Crippen LogP contribution in [0.5, 0.6) is 0 Å². The van der Waals surface area contributed by atoms with Gasteiger partial charge >= 0.3 is 12.1 Å². The zero-order valence-electron chi connectivity index (χ0n) is 15.3. The number of hydrogen-bond donors (Lipinski definition) is 2. The number of nitrogens with zero attached hydrogens (tertiary/aromatic N) is 3. The van der Waals surface area contributed by atoms with Gasteiger partial charge in [0.25, 0.3) is 0 Å². The standard InChI is InChI=1S/C21H19N5O2/c1-13-18(12-22)19(26(20(27)24-13)21(28)25-17-5-6-17)16-4-2-3-15(11-16)14-7-9-23-10-8-14/h2-4,7-11,17,19H,5-6H2,1H3,(H,24,27)(H,25,28). The molecule has 2 heterocycles. The van der Waals surface area contributed by atoms with Crippen molar-refractivity contribution < 1.29 is 9.59 Å². The summed E-state index contributed by atoms with van der Waals surface area (Å²) >= 11 is 0. The first-order valence-corrected chi connectivity index (χ1v) is 9.10. The third-order valence-corrected chi connectivity index (χ3v) is 4.91. The van der Waals surface area contributed by atoms with Crippen LogP contribution in [0.2, 0.25) is 0 Å². The summed E-state index contributed by atoms with van der Waals surface area (Å²) in [6.07, 6.45) is 5.22. The van der Waals surface area contributed by atoms with E-state index in [9.17, 15) is 14.9 Å². The number of pyridine rings is 1. The fraction of sp³-hybridized carbons (Fsp3) is 0.238. The lowest BCUT2D eigenvalue weighted by Crippen LogP contribution is -2.53. The number of imide groups is 1. The third kappa shape index (κ3) is 3.32. The number of amides is 4. The van der Waals surface area contributed by atoms with Gasteiger partial charge in [-0.2, -0.15) is 5.26 Å². The van der Waals surface area contributed by atoms with E-state index in [0.717, 1.165) is 28.9 Å². The minimum atomic E-state index is -0.778. The largest absolute Gasteiger partial charge is 0.335 e. The first-order chi connectivity index (χ1) is 13.6. The SMILES string of the molecule is CC1=C(C#N)C(c2cccc(-c3ccncc3)c2)N(C(=O)NC2CC2)C(=O)N1. The second-order valence-electron chi connectivity index (χ2n) is 6.94. The number of hydrogen-bond acceptors (Lipinski definition) is 4. The lowest BCUT2D eigenvalue weighted by molar-refractivity contribution is 0.173. The van der Waals surface area contributed by atoms with Gasteiger partial charge < -0.3 is 10.6 Å². The van der Waals surface area contributed by atoms with Gasteiger partial charge in [0.05, 0.1) is 11.6 Å². The molecular formula is C21H19N5O2. The van der Waals surface area contributed by atoms with Gasteiger partial charge in [0.1, 0.15) is 6.04 Å². The molecule has 1 unspecified atom stereocenters. The van der Waals surface area contributed by atoms with Gasteiger partial charge in [0.15, 0.2) is 0 Å². The normalized spacial score (nSPS) is 19.1. The van der Waals surface area contributed by atoms with Crippen LogP contribution in [0, 0.1) is 11.3 Å². The van der Waals surface area contributed by atoms with E-state index in [1.807, 2.05) is 36.4 Å². The third-order valence-electron chi connectivity index (χ3n) is 4.91. The zero-order chi connectivity index (χ0) is 19.7. The molecule has 1 aliphatic heterocycles. The molecule has 2 aromatic rings. The lowest BCUT2D eigenvalue weighted by atomic mass is 9.92. The van der Waals surface area contributed by atoms with Crippen molar-refractivity contribution in [1.82, 2.24) is 20.5 Å². The van der Waals surface area contributed by atoms with Crippen LogP contribution in [0.1, 0.15) is 31.4 Å².